The minimum absolute atomic E-state index is 0.0930. The monoisotopic (exact) mass is 406 g/mol. The van der Waals surface area contributed by atoms with Gasteiger partial charge in [-0.15, -0.1) is 0 Å². The zero-order valence-electron chi connectivity index (χ0n) is 16.8. The summed E-state index contributed by atoms with van der Waals surface area (Å²) < 4.78 is 10.7. The number of fused-ring (bicyclic) bond motifs is 2. The molecule has 5 rings (SSSR count). The Morgan fingerprint density at radius 2 is 1.90 bits per heavy atom. The first-order valence-corrected chi connectivity index (χ1v) is 10.6. The zero-order valence-corrected chi connectivity index (χ0v) is 16.8. The first kappa shape index (κ1) is 18.8. The van der Waals surface area contributed by atoms with Crippen molar-refractivity contribution in [3.05, 3.63) is 48.0 Å². The molecule has 7 heteroatoms. The number of hydrogen-bond acceptors (Lipinski definition) is 5. The largest absolute Gasteiger partial charge is 0.454 e. The van der Waals surface area contributed by atoms with Gasteiger partial charge in [0.05, 0.1) is 11.0 Å². The van der Waals surface area contributed by atoms with E-state index in [1.807, 2.05) is 42.5 Å². The summed E-state index contributed by atoms with van der Waals surface area (Å²) in [4.78, 5) is 20.5. The number of benzene rings is 2. The van der Waals surface area contributed by atoms with Crippen molar-refractivity contribution in [2.45, 2.75) is 38.1 Å². The number of aromatic nitrogens is 2. The van der Waals surface area contributed by atoms with Crippen LogP contribution in [0.15, 0.2) is 42.5 Å². The SMILES string of the molecule is O=C(NCCc1ccc2c(c1)OCO2)C1CCC(Nc2nc3ccccc3[nH]2)CC1. The Balaban J connectivity index is 1.06. The number of nitrogens with one attached hydrogen (secondary N) is 3. The van der Waals surface area contributed by atoms with E-state index >= 15 is 0 Å². The molecule has 0 spiro atoms. The van der Waals surface area contributed by atoms with E-state index in [4.69, 9.17) is 9.47 Å². The summed E-state index contributed by atoms with van der Waals surface area (Å²) in [5.41, 5.74) is 3.14. The van der Waals surface area contributed by atoms with Gasteiger partial charge in [-0.3, -0.25) is 4.79 Å². The summed E-state index contributed by atoms with van der Waals surface area (Å²) in [6.07, 6.45) is 4.52. The van der Waals surface area contributed by atoms with Gasteiger partial charge in [0.15, 0.2) is 11.5 Å². The number of ether oxygens (including phenoxy) is 2. The van der Waals surface area contributed by atoms with Gasteiger partial charge in [0.2, 0.25) is 18.6 Å². The summed E-state index contributed by atoms with van der Waals surface area (Å²) in [6.45, 7) is 0.916. The number of para-hydroxylation sites is 2. The molecule has 2 heterocycles. The lowest BCUT2D eigenvalue weighted by atomic mass is 9.85. The minimum atomic E-state index is 0.0930. The van der Waals surface area contributed by atoms with Crippen LogP contribution in [0.2, 0.25) is 0 Å². The minimum Gasteiger partial charge on any atom is -0.454 e. The van der Waals surface area contributed by atoms with Crippen LogP contribution in [0, 0.1) is 5.92 Å². The fraction of sp³-hybridized carbons (Fsp3) is 0.391. The Labute approximate surface area is 175 Å². The molecule has 7 nitrogen and oxygen atoms in total. The molecule has 2 aliphatic rings. The summed E-state index contributed by atoms with van der Waals surface area (Å²) in [7, 11) is 0. The van der Waals surface area contributed by atoms with Crippen molar-refractivity contribution in [2.24, 2.45) is 5.92 Å². The number of carbonyl (C=O) groups excluding carboxylic acids is 1. The lowest BCUT2D eigenvalue weighted by molar-refractivity contribution is -0.125. The second-order valence-electron chi connectivity index (χ2n) is 8.02. The molecule has 30 heavy (non-hydrogen) atoms. The van der Waals surface area contributed by atoms with E-state index in [0.29, 0.717) is 12.6 Å². The van der Waals surface area contributed by atoms with Gasteiger partial charge < -0.3 is 25.1 Å². The van der Waals surface area contributed by atoms with Crippen LogP contribution < -0.4 is 20.1 Å². The van der Waals surface area contributed by atoms with Crippen LogP contribution >= 0.6 is 0 Å². The van der Waals surface area contributed by atoms with Crippen molar-refractivity contribution in [1.29, 1.82) is 0 Å². The lowest BCUT2D eigenvalue weighted by Crippen LogP contribution is -2.36. The van der Waals surface area contributed by atoms with E-state index < -0.39 is 0 Å². The van der Waals surface area contributed by atoms with Crippen LogP contribution in [0.1, 0.15) is 31.2 Å². The van der Waals surface area contributed by atoms with Gasteiger partial charge >= 0.3 is 0 Å². The number of amides is 1. The average Bonchev–Trinajstić information content (AvgIpc) is 3.40. The standard InChI is InChI=1S/C23H26N4O3/c28-22(24-12-11-15-5-10-20-21(13-15)30-14-29-20)16-6-8-17(9-7-16)25-23-26-18-3-1-2-4-19(18)27-23/h1-5,10,13,16-17H,6-9,11-12,14H2,(H,24,28)(H2,25,26,27). The van der Waals surface area contributed by atoms with Crippen LogP contribution in [-0.4, -0.2) is 35.3 Å². The topological polar surface area (TPSA) is 88.3 Å². The quantitative estimate of drug-likeness (QED) is 0.582. The molecule has 3 aromatic rings. The van der Waals surface area contributed by atoms with E-state index in [1.54, 1.807) is 0 Å². The molecular formula is C23H26N4O3. The van der Waals surface area contributed by atoms with Gasteiger partial charge in [0.1, 0.15) is 0 Å². The fourth-order valence-corrected chi connectivity index (χ4v) is 4.29. The first-order valence-electron chi connectivity index (χ1n) is 10.6. The number of aromatic amines is 1. The molecule has 0 radical (unpaired) electrons. The third-order valence-electron chi connectivity index (χ3n) is 5.98. The fourth-order valence-electron chi connectivity index (χ4n) is 4.29. The van der Waals surface area contributed by atoms with E-state index in [-0.39, 0.29) is 18.6 Å². The van der Waals surface area contributed by atoms with Crippen molar-refractivity contribution in [3.8, 4) is 11.5 Å². The molecule has 3 N–H and O–H groups in total. The number of imidazole rings is 1. The Hall–Kier alpha value is -3.22. The summed E-state index contributed by atoms with van der Waals surface area (Å²) >= 11 is 0. The number of hydrogen-bond donors (Lipinski definition) is 3. The van der Waals surface area contributed by atoms with Crippen molar-refractivity contribution >= 4 is 22.9 Å². The van der Waals surface area contributed by atoms with E-state index in [2.05, 4.69) is 20.6 Å². The normalized spacial score (nSPS) is 20.3. The molecular weight excluding hydrogens is 380 g/mol. The van der Waals surface area contributed by atoms with Gasteiger partial charge in [-0.25, -0.2) is 4.98 Å². The molecule has 1 aliphatic heterocycles. The van der Waals surface area contributed by atoms with Gasteiger partial charge in [-0.1, -0.05) is 18.2 Å². The zero-order chi connectivity index (χ0) is 20.3. The van der Waals surface area contributed by atoms with Crippen LogP contribution in [0.3, 0.4) is 0 Å². The maximum atomic E-state index is 12.6. The molecule has 0 bridgehead atoms. The number of anilines is 1. The molecule has 1 saturated carbocycles. The Bertz CT molecular complexity index is 1010. The second kappa shape index (κ2) is 8.26. The number of carbonyl (C=O) groups is 1. The van der Waals surface area contributed by atoms with Gasteiger partial charge in [-0.05, 0) is 61.9 Å². The maximum absolute atomic E-state index is 12.6. The molecule has 1 aliphatic carbocycles. The Morgan fingerprint density at radius 3 is 2.77 bits per heavy atom. The third kappa shape index (κ3) is 4.06. The van der Waals surface area contributed by atoms with Crippen molar-refractivity contribution < 1.29 is 14.3 Å². The van der Waals surface area contributed by atoms with Crippen molar-refractivity contribution in [1.82, 2.24) is 15.3 Å². The predicted molar refractivity (Wildman–Crippen MR) is 115 cm³/mol. The van der Waals surface area contributed by atoms with Gasteiger partial charge in [-0.2, -0.15) is 0 Å². The molecule has 1 aromatic heterocycles. The van der Waals surface area contributed by atoms with Crippen molar-refractivity contribution in [2.75, 3.05) is 18.7 Å². The van der Waals surface area contributed by atoms with Gasteiger partial charge in [0, 0.05) is 18.5 Å². The first-order chi connectivity index (χ1) is 14.7. The highest BCUT2D eigenvalue weighted by Gasteiger charge is 2.26. The molecule has 2 aromatic carbocycles. The lowest BCUT2D eigenvalue weighted by Gasteiger charge is -2.28. The Morgan fingerprint density at radius 1 is 1.07 bits per heavy atom. The van der Waals surface area contributed by atoms with Crippen LogP contribution in [0.5, 0.6) is 11.5 Å². The molecule has 0 unspecified atom stereocenters. The Kier molecular flexibility index (Phi) is 5.17. The summed E-state index contributed by atoms with van der Waals surface area (Å²) in [6, 6.07) is 14.3. The van der Waals surface area contributed by atoms with Crippen LogP contribution in [0.25, 0.3) is 11.0 Å². The van der Waals surface area contributed by atoms with E-state index in [1.165, 1.54) is 0 Å². The summed E-state index contributed by atoms with van der Waals surface area (Å²) in [5.74, 6) is 2.64. The van der Waals surface area contributed by atoms with Crippen LogP contribution in [-0.2, 0) is 11.2 Å². The van der Waals surface area contributed by atoms with Gasteiger partial charge in [0.25, 0.3) is 0 Å². The second-order valence-corrected chi connectivity index (χ2v) is 8.02. The third-order valence-corrected chi connectivity index (χ3v) is 5.98. The molecule has 0 saturated heterocycles. The van der Waals surface area contributed by atoms with Crippen molar-refractivity contribution in [3.63, 3.8) is 0 Å². The van der Waals surface area contributed by atoms with Crippen LogP contribution in [0.4, 0.5) is 5.95 Å². The highest BCUT2D eigenvalue weighted by Crippen LogP contribution is 2.32. The highest BCUT2D eigenvalue weighted by atomic mass is 16.7. The van der Waals surface area contributed by atoms with E-state index in [9.17, 15) is 4.79 Å². The molecule has 1 fully saturated rings. The summed E-state index contributed by atoms with van der Waals surface area (Å²) in [5, 5.41) is 6.60. The highest BCUT2D eigenvalue weighted by molar-refractivity contribution is 5.79. The molecule has 156 valence electrons. The predicted octanol–water partition coefficient (Wildman–Crippen LogP) is 3.62. The molecule has 1 amide bonds. The number of H-pyrrole nitrogens is 1. The number of nitrogens with zero attached hydrogens (tertiary/aromatic N) is 1. The van der Waals surface area contributed by atoms with E-state index in [0.717, 1.165) is 66.1 Å². The smallest absolute Gasteiger partial charge is 0.231 e. The maximum Gasteiger partial charge on any atom is 0.231 e. The number of rotatable bonds is 6. The molecule has 0 atom stereocenters. The average molecular weight is 406 g/mol.